The van der Waals surface area contributed by atoms with Crippen molar-refractivity contribution in [3.05, 3.63) is 84.1 Å². The van der Waals surface area contributed by atoms with Gasteiger partial charge in [-0.05, 0) is 67.7 Å². The average molecular weight is 433 g/mol. The molecule has 1 amide bonds. The van der Waals surface area contributed by atoms with E-state index in [1.54, 1.807) is 36.7 Å². The Kier molecular flexibility index (Phi) is 7.07. The third kappa shape index (κ3) is 5.91. The number of nitrogens with one attached hydrogen (secondary N) is 1. The highest BCUT2D eigenvalue weighted by molar-refractivity contribution is 5.91. The van der Waals surface area contributed by atoms with Crippen LogP contribution in [0.3, 0.4) is 0 Å². The van der Waals surface area contributed by atoms with E-state index in [2.05, 4.69) is 15.3 Å². The Labute approximate surface area is 186 Å². The minimum Gasteiger partial charge on any atom is -0.474 e. The molecule has 1 aliphatic carbocycles. The second-order valence-electron chi connectivity index (χ2n) is 7.52. The van der Waals surface area contributed by atoms with Gasteiger partial charge in [0.1, 0.15) is 11.9 Å². The molecule has 1 N–H and O–H groups in total. The number of hydrogen-bond donors (Lipinski definition) is 1. The lowest BCUT2D eigenvalue weighted by molar-refractivity contribution is -0.116. The summed E-state index contributed by atoms with van der Waals surface area (Å²) in [6.45, 7) is 0.297. The number of aromatic nitrogens is 2. The summed E-state index contributed by atoms with van der Waals surface area (Å²) in [5.74, 6) is 0.277. The number of halogens is 1. The number of benzene rings is 1. The van der Waals surface area contributed by atoms with Crippen LogP contribution in [0.25, 0.3) is 6.08 Å². The van der Waals surface area contributed by atoms with Gasteiger partial charge in [0.2, 0.25) is 11.8 Å². The smallest absolute Gasteiger partial charge is 0.244 e. The van der Waals surface area contributed by atoms with Crippen LogP contribution in [0.2, 0.25) is 0 Å². The topological polar surface area (TPSA) is 73.3 Å². The Morgan fingerprint density at radius 1 is 1.16 bits per heavy atom. The Morgan fingerprint density at radius 3 is 2.78 bits per heavy atom. The van der Waals surface area contributed by atoms with Crippen molar-refractivity contribution in [3.63, 3.8) is 0 Å². The molecular formula is C25H24FN3O3. The van der Waals surface area contributed by atoms with Crippen LogP contribution in [0.4, 0.5) is 4.39 Å². The van der Waals surface area contributed by atoms with E-state index in [0.717, 1.165) is 18.4 Å². The highest BCUT2D eigenvalue weighted by atomic mass is 19.1. The van der Waals surface area contributed by atoms with Crippen molar-refractivity contribution in [1.82, 2.24) is 15.3 Å². The van der Waals surface area contributed by atoms with Gasteiger partial charge in [0.05, 0.1) is 6.20 Å². The van der Waals surface area contributed by atoms with Crippen molar-refractivity contribution in [2.45, 2.75) is 38.3 Å². The standard InChI is InChI=1S/C25H24FN3O3/c26-22-15-18(9-11-23(22)31-21-8-4-13-27-17-21)10-12-24(30)29-16-19-5-3-14-28-25(19)32-20-6-1-2-7-20/h3-5,8-15,17,20H,1-2,6-7,16H2,(H,29,30)/b12-10+. The first kappa shape index (κ1) is 21.5. The summed E-state index contributed by atoms with van der Waals surface area (Å²) in [4.78, 5) is 20.5. The highest BCUT2D eigenvalue weighted by Crippen LogP contribution is 2.26. The Balaban J connectivity index is 1.32. The Bertz CT molecular complexity index is 1080. The van der Waals surface area contributed by atoms with E-state index in [1.165, 1.54) is 37.2 Å². The quantitative estimate of drug-likeness (QED) is 0.503. The Hall–Kier alpha value is -3.74. The van der Waals surface area contributed by atoms with E-state index < -0.39 is 5.82 Å². The first-order valence-electron chi connectivity index (χ1n) is 10.6. The molecule has 0 atom stereocenters. The maximum atomic E-state index is 14.3. The van der Waals surface area contributed by atoms with Crippen LogP contribution in [-0.2, 0) is 11.3 Å². The molecule has 0 spiro atoms. The fourth-order valence-electron chi connectivity index (χ4n) is 3.48. The van der Waals surface area contributed by atoms with Crippen molar-refractivity contribution in [1.29, 1.82) is 0 Å². The van der Waals surface area contributed by atoms with Crippen molar-refractivity contribution < 1.29 is 18.7 Å². The zero-order valence-corrected chi connectivity index (χ0v) is 17.5. The number of nitrogens with zero attached hydrogens (tertiary/aromatic N) is 2. The molecule has 0 radical (unpaired) electrons. The fourth-order valence-corrected chi connectivity index (χ4v) is 3.48. The second kappa shape index (κ2) is 10.5. The van der Waals surface area contributed by atoms with Crippen LogP contribution in [0.1, 0.15) is 36.8 Å². The predicted octanol–water partition coefficient (Wildman–Crippen LogP) is 5.06. The van der Waals surface area contributed by atoms with Gasteiger partial charge in [-0.1, -0.05) is 12.1 Å². The zero-order chi connectivity index (χ0) is 22.2. The summed E-state index contributed by atoms with van der Waals surface area (Å²) in [6, 6.07) is 11.6. The molecule has 1 aliphatic rings. The monoisotopic (exact) mass is 433 g/mol. The van der Waals surface area contributed by atoms with Gasteiger partial charge in [-0.25, -0.2) is 9.37 Å². The summed E-state index contributed by atoms with van der Waals surface area (Å²) in [5.41, 5.74) is 1.37. The molecular weight excluding hydrogens is 409 g/mol. The Morgan fingerprint density at radius 2 is 2.00 bits per heavy atom. The van der Waals surface area contributed by atoms with Crippen molar-refractivity contribution >= 4 is 12.0 Å². The maximum Gasteiger partial charge on any atom is 0.244 e. The van der Waals surface area contributed by atoms with Crippen LogP contribution in [0.15, 0.2) is 67.1 Å². The van der Waals surface area contributed by atoms with Gasteiger partial charge in [0.25, 0.3) is 0 Å². The van der Waals surface area contributed by atoms with Crippen LogP contribution < -0.4 is 14.8 Å². The van der Waals surface area contributed by atoms with E-state index in [-0.39, 0.29) is 17.8 Å². The zero-order valence-electron chi connectivity index (χ0n) is 17.5. The summed E-state index contributed by atoms with van der Waals surface area (Å²) in [5, 5.41) is 2.82. The van der Waals surface area contributed by atoms with E-state index in [9.17, 15) is 9.18 Å². The van der Waals surface area contributed by atoms with Crippen LogP contribution >= 0.6 is 0 Å². The third-order valence-electron chi connectivity index (χ3n) is 5.13. The second-order valence-corrected chi connectivity index (χ2v) is 7.52. The molecule has 6 nitrogen and oxygen atoms in total. The number of rotatable bonds is 8. The molecule has 4 rings (SSSR count). The molecule has 1 saturated carbocycles. The van der Waals surface area contributed by atoms with Gasteiger partial charge in [0.15, 0.2) is 11.6 Å². The van der Waals surface area contributed by atoms with Gasteiger partial charge in [0, 0.05) is 30.6 Å². The molecule has 0 aliphatic heterocycles. The molecule has 2 heterocycles. The van der Waals surface area contributed by atoms with Gasteiger partial charge >= 0.3 is 0 Å². The summed E-state index contributed by atoms with van der Waals surface area (Å²) < 4.78 is 25.8. The summed E-state index contributed by atoms with van der Waals surface area (Å²) in [6.07, 6.45) is 12.3. The van der Waals surface area contributed by atoms with Gasteiger partial charge in [-0.2, -0.15) is 0 Å². The van der Waals surface area contributed by atoms with E-state index in [4.69, 9.17) is 9.47 Å². The van der Waals surface area contributed by atoms with E-state index in [1.807, 2.05) is 12.1 Å². The average Bonchev–Trinajstić information content (AvgIpc) is 3.32. The molecule has 2 aromatic heterocycles. The van der Waals surface area contributed by atoms with Crippen molar-refractivity contribution in [3.8, 4) is 17.4 Å². The number of carbonyl (C=O) groups is 1. The summed E-state index contributed by atoms with van der Waals surface area (Å²) in [7, 11) is 0. The highest BCUT2D eigenvalue weighted by Gasteiger charge is 2.18. The number of pyridine rings is 2. The number of ether oxygens (including phenoxy) is 2. The fraction of sp³-hybridized carbons (Fsp3) is 0.240. The van der Waals surface area contributed by atoms with Crippen molar-refractivity contribution in [2.75, 3.05) is 0 Å². The SMILES string of the molecule is O=C(/C=C/c1ccc(Oc2cccnc2)c(F)c1)NCc1cccnc1OC1CCCC1. The van der Waals surface area contributed by atoms with Crippen molar-refractivity contribution in [2.24, 2.45) is 0 Å². The molecule has 0 unspecified atom stereocenters. The molecule has 1 aromatic carbocycles. The van der Waals surface area contributed by atoms with E-state index >= 15 is 0 Å². The molecule has 7 heteroatoms. The first-order chi connectivity index (χ1) is 15.7. The lowest BCUT2D eigenvalue weighted by Crippen LogP contribution is -2.22. The summed E-state index contributed by atoms with van der Waals surface area (Å²) >= 11 is 0. The number of carbonyl (C=O) groups excluding carboxylic acids is 1. The molecule has 3 aromatic rings. The lowest BCUT2D eigenvalue weighted by Gasteiger charge is -2.15. The molecule has 0 saturated heterocycles. The van der Waals surface area contributed by atoms with Crippen LogP contribution in [-0.4, -0.2) is 22.0 Å². The van der Waals surface area contributed by atoms with E-state index in [0.29, 0.717) is 23.7 Å². The van der Waals surface area contributed by atoms with Crippen LogP contribution in [0, 0.1) is 5.82 Å². The first-order valence-corrected chi connectivity index (χ1v) is 10.6. The lowest BCUT2D eigenvalue weighted by atomic mass is 10.2. The van der Waals surface area contributed by atoms with Gasteiger partial charge in [-0.15, -0.1) is 0 Å². The van der Waals surface area contributed by atoms with Gasteiger partial charge in [-0.3, -0.25) is 9.78 Å². The number of amides is 1. The number of hydrogen-bond acceptors (Lipinski definition) is 5. The predicted molar refractivity (Wildman–Crippen MR) is 119 cm³/mol. The molecule has 0 bridgehead atoms. The van der Waals surface area contributed by atoms with Gasteiger partial charge < -0.3 is 14.8 Å². The molecule has 1 fully saturated rings. The third-order valence-corrected chi connectivity index (χ3v) is 5.13. The minimum atomic E-state index is -0.527. The molecule has 32 heavy (non-hydrogen) atoms. The maximum absolute atomic E-state index is 14.3. The van der Waals surface area contributed by atoms with Crippen LogP contribution in [0.5, 0.6) is 17.4 Å². The molecule has 164 valence electrons. The normalized spacial score (nSPS) is 13.9. The minimum absolute atomic E-state index is 0.0889. The largest absolute Gasteiger partial charge is 0.474 e.